The zero-order valence-electron chi connectivity index (χ0n) is 15.0. The van der Waals surface area contributed by atoms with Crippen LogP contribution in [0.1, 0.15) is 83.1 Å². The van der Waals surface area contributed by atoms with Crippen molar-refractivity contribution >= 4 is 0 Å². The largest absolute Gasteiger partial charge is 0.462 e. The fourth-order valence-electron chi connectivity index (χ4n) is 3.63. The van der Waals surface area contributed by atoms with Crippen LogP contribution in [0.4, 0.5) is 8.78 Å². The first-order valence-electron chi connectivity index (χ1n) is 9.46. The predicted octanol–water partition coefficient (Wildman–Crippen LogP) is 7.12. The predicted molar refractivity (Wildman–Crippen MR) is 95.3 cm³/mol. The summed E-state index contributed by atoms with van der Waals surface area (Å²) >= 11 is 0. The van der Waals surface area contributed by atoms with Crippen molar-refractivity contribution in [1.29, 1.82) is 0 Å². The van der Waals surface area contributed by atoms with Crippen molar-refractivity contribution in [1.82, 2.24) is 0 Å². The molecule has 1 aliphatic rings. The lowest BCUT2D eigenvalue weighted by atomic mass is 9.77. The Kier molecular flexibility index (Phi) is 7.74. The van der Waals surface area contributed by atoms with Gasteiger partial charge in [0.1, 0.15) is 0 Å². The molecule has 134 valence electrons. The normalized spacial score (nSPS) is 21.3. The number of allylic oxidation sites excluding steroid dienone is 1. The molecule has 3 heteroatoms. The molecule has 0 N–H and O–H groups in total. The summed E-state index contributed by atoms with van der Waals surface area (Å²) in [5.41, 5.74) is 0.518. The highest BCUT2D eigenvalue weighted by Crippen LogP contribution is 2.39. The van der Waals surface area contributed by atoms with Crippen LogP contribution >= 0.6 is 0 Å². The van der Waals surface area contributed by atoms with E-state index in [1.807, 2.05) is 6.08 Å². The summed E-state index contributed by atoms with van der Waals surface area (Å²) in [6.07, 6.45) is 13.0. The van der Waals surface area contributed by atoms with Gasteiger partial charge in [-0.15, -0.1) is 0 Å². The van der Waals surface area contributed by atoms with Crippen molar-refractivity contribution in [2.45, 2.75) is 77.6 Å². The molecular formula is C21H30F2O. The number of unbranched alkanes of at least 4 members (excludes halogenated alkanes) is 2. The highest BCUT2D eigenvalue weighted by atomic mass is 19.2. The number of rotatable bonds is 8. The van der Waals surface area contributed by atoms with Gasteiger partial charge in [0.25, 0.3) is 0 Å². The molecule has 0 spiro atoms. The van der Waals surface area contributed by atoms with E-state index in [9.17, 15) is 8.78 Å². The van der Waals surface area contributed by atoms with Gasteiger partial charge in [-0.1, -0.05) is 39.2 Å². The van der Waals surface area contributed by atoms with E-state index in [0.29, 0.717) is 5.56 Å². The molecule has 0 saturated heterocycles. The molecule has 0 radical (unpaired) electrons. The zero-order valence-corrected chi connectivity index (χ0v) is 15.0. The zero-order chi connectivity index (χ0) is 17.4. The molecule has 0 amide bonds. The highest BCUT2D eigenvalue weighted by Gasteiger charge is 2.26. The summed E-state index contributed by atoms with van der Waals surface area (Å²) < 4.78 is 34.0. The maximum absolute atomic E-state index is 14.4. The SMILES string of the molecule is CCCC/C=C/Oc1ccc(C2CCC(CCC)CC2)c(F)c1F. The fraction of sp³-hybridized carbons (Fsp3) is 0.619. The Morgan fingerprint density at radius 1 is 1.04 bits per heavy atom. The number of halogens is 2. The van der Waals surface area contributed by atoms with Gasteiger partial charge in [-0.3, -0.25) is 0 Å². The van der Waals surface area contributed by atoms with Crippen molar-refractivity contribution in [3.05, 3.63) is 41.7 Å². The fourth-order valence-corrected chi connectivity index (χ4v) is 3.63. The van der Waals surface area contributed by atoms with E-state index in [1.54, 1.807) is 12.1 Å². The molecule has 1 aromatic rings. The van der Waals surface area contributed by atoms with Crippen LogP contribution in [0.3, 0.4) is 0 Å². The molecule has 1 saturated carbocycles. The third-order valence-electron chi connectivity index (χ3n) is 5.08. The summed E-state index contributed by atoms with van der Waals surface area (Å²) in [6, 6.07) is 3.27. The quantitative estimate of drug-likeness (QED) is 0.363. The monoisotopic (exact) mass is 336 g/mol. The van der Waals surface area contributed by atoms with Gasteiger partial charge in [-0.25, -0.2) is 4.39 Å². The maximum atomic E-state index is 14.4. The van der Waals surface area contributed by atoms with Crippen molar-refractivity contribution in [3.63, 3.8) is 0 Å². The van der Waals surface area contributed by atoms with E-state index < -0.39 is 11.6 Å². The lowest BCUT2D eigenvalue weighted by Crippen LogP contribution is -2.14. The minimum atomic E-state index is -0.858. The summed E-state index contributed by atoms with van der Waals surface area (Å²) in [5.74, 6) is -0.711. The van der Waals surface area contributed by atoms with Crippen LogP contribution < -0.4 is 4.74 Å². The Bertz CT molecular complexity index is 531. The van der Waals surface area contributed by atoms with Crippen LogP contribution in [0.2, 0.25) is 0 Å². The molecule has 1 fully saturated rings. The van der Waals surface area contributed by atoms with Gasteiger partial charge >= 0.3 is 0 Å². The van der Waals surface area contributed by atoms with Crippen LogP contribution in [0.15, 0.2) is 24.5 Å². The third-order valence-corrected chi connectivity index (χ3v) is 5.08. The molecular weight excluding hydrogens is 306 g/mol. The molecule has 24 heavy (non-hydrogen) atoms. The van der Waals surface area contributed by atoms with Crippen molar-refractivity contribution in [2.75, 3.05) is 0 Å². The van der Waals surface area contributed by atoms with Crippen LogP contribution in [0.5, 0.6) is 5.75 Å². The first-order valence-corrected chi connectivity index (χ1v) is 9.46. The molecule has 1 nitrogen and oxygen atoms in total. The number of hydrogen-bond donors (Lipinski definition) is 0. The lowest BCUT2D eigenvalue weighted by molar-refractivity contribution is 0.302. The van der Waals surface area contributed by atoms with Crippen LogP contribution in [0.25, 0.3) is 0 Å². The maximum Gasteiger partial charge on any atom is 0.201 e. The van der Waals surface area contributed by atoms with Crippen molar-refractivity contribution in [3.8, 4) is 5.75 Å². The molecule has 0 unspecified atom stereocenters. The van der Waals surface area contributed by atoms with E-state index in [1.165, 1.54) is 19.1 Å². The van der Waals surface area contributed by atoms with Gasteiger partial charge in [0, 0.05) is 0 Å². The van der Waals surface area contributed by atoms with Gasteiger partial charge in [-0.2, -0.15) is 4.39 Å². The molecule has 0 aromatic heterocycles. The van der Waals surface area contributed by atoms with Gasteiger partial charge in [-0.05, 0) is 68.1 Å². The molecule has 0 heterocycles. The smallest absolute Gasteiger partial charge is 0.201 e. The van der Waals surface area contributed by atoms with Crippen LogP contribution in [-0.2, 0) is 0 Å². The standard InChI is InChI=1S/C21H30F2O/c1-3-5-6-7-15-24-19-14-13-18(20(22)21(19)23)17-11-9-16(8-4-2)10-12-17/h7,13-17H,3-6,8-12H2,1-2H3/b15-7+. The van der Waals surface area contributed by atoms with E-state index >= 15 is 0 Å². The minimum absolute atomic E-state index is 0.0244. The highest BCUT2D eigenvalue weighted by molar-refractivity contribution is 5.33. The first kappa shape index (κ1) is 19.0. The van der Waals surface area contributed by atoms with E-state index in [-0.39, 0.29) is 11.7 Å². The minimum Gasteiger partial charge on any atom is -0.462 e. The molecule has 1 aliphatic carbocycles. The summed E-state index contributed by atoms with van der Waals surface area (Å²) in [7, 11) is 0. The van der Waals surface area contributed by atoms with Gasteiger partial charge in [0.15, 0.2) is 11.6 Å². The van der Waals surface area contributed by atoms with Crippen LogP contribution in [0, 0.1) is 17.6 Å². The number of ether oxygens (including phenoxy) is 1. The third kappa shape index (κ3) is 5.06. The number of benzene rings is 1. The topological polar surface area (TPSA) is 9.23 Å². The average molecular weight is 336 g/mol. The Hall–Kier alpha value is -1.38. The second-order valence-corrected chi connectivity index (χ2v) is 6.92. The Morgan fingerprint density at radius 3 is 2.46 bits per heavy atom. The molecule has 0 bridgehead atoms. The summed E-state index contributed by atoms with van der Waals surface area (Å²) in [5, 5.41) is 0. The molecule has 0 atom stereocenters. The molecule has 0 aliphatic heterocycles. The van der Waals surface area contributed by atoms with Crippen molar-refractivity contribution < 1.29 is 13.5 Å². The van der Waals surface area contributed by atoms with E-state index in [4.69, 9.17) is 4.74 Å². The molecule has 2 rings (SSSR count). The van der Waals surface area contributed by atoms with Gasteiger partial charge in [0.05, 0.1) is 6.26 Å². The lowest BCUT2D eigenvalue weighted by Gasteiger charge is -2.29. The second kappa shape index (κ2) is 9.80. The Balaban J connectivity index is 1.98. The van der Waals surface area contributed by atoms with E-state index in [0.717, 1.165) is 50.9 Å². The van der Waals surface area contributed by atoms with Crippen molar-refractivity contribution in [2.24, 2.45) is 5.92 Å². The average Bonchev–Trinajstić information content (AvgIpc) is 2.60. The summed E-state index contributed by atoms with van der Waals surface area (Å²) in [4.78, 5) is 0. The second-order valence-electron chi connectivity index (χ2n) is 6.92. The number of hydrogen-bond acceptors (Lipinski definition) is 1. The van der Waals surface area contributed by atoms with Gasteiger partial charge < -0.3 is 4.74 Å². The molecule has 1 aromatic carbocycles. The van der Waals surface area contributed by atoms with E-state index in [2.05, 4.69) is 13.8 Å². The van der Waals surface area contributed by atoms with Crippen LogP contribution in [-0.4, -0.2) is 0 Å². The summed E-state index contributed by atoms with van der Waals surface area (Å²) in [6.45, 7) is 4.31. The Labute approximate surface area is 145 Å². The first-order chi connectivity index (χ1) is 11.7. The Morgan fingerprint density at radius 2 is 1.79 bits per heavy atom. The van der Waals surface area contributed by atoms with Gasteiger partial charge in [0.2, 0.25) is 5.82 Å².